The molecule has 0 saturated heterocycles. The largest absolute Gasteiger partial charge is 0.311 e. The van der Waals surface area contributed by atoms with E-state index in [4.69, 9.17) is 0 Å². The maximum absolute atomic E-state index is 13.5. The van der Waals surface area contributed by atoms with Crippen molar-refractivity contribution in [1.82, 2.24) is 4.57 Å². The van der Waals surface area contributed by atoms with Gasteiger partial charge >= 0.3 is 0 Å². The van der Waals surface area contributed by atoms with E-state index in [2.05, 4.69) is 198 Å². The van der Waals surface area contributed by atoms with Crippen molar-refractivity contribution in [2.75, 3.05) is 4.90 Å². The molecule has 9 aromatic carbocycles. The molecule has 55 heavy (non-hydrogen) atoms. The van der Waals surface area contributed by atoms with E-state index in [0.29, 0.717) is 0 Å². The summed E-state index contributed by atoms with van der Waals surface area (Å²) >= 11 is 0. The SMILES string of the molecule is Fc1ccc(-c2ccc(-c3ccc(N(c4ccc(-c5cccc6ccccc56)cc4)c4ccc(-n5c6ccccc6c6ccccc65)cc4)cc3)cc2)cc1. The molecule has 0 aliphatic rings. The van der Waals surface area contributed by atoms with Crippen LogP contribution in [0.15, 0.2) is 212 Å². The van der Waals surface area contributed by atoms with Crippen LogP contribution in [0.3, 0.4) is 0 Å². The van der Waals surface area contributed by atoms with Gasteiger partial charge in [0.1, 0.15) is 5.82 Å². The first-order valence-electron chi connectivity index (χ1n) is 18.6. The molecule has 1 aromatic heterocycles. The van der Waals surface area contributed by atoms with Crippen LogP contribution in [-0.2, 0) is 0 Å². The van der Waals surface area contributed by atoms with Crippen molar-refractivity contribution < 1.29 is 4.39 Å². The number of para-hydroxylation sites is 2. The highest BCUT2D eigenvalue weighted by molar-refractivity contribution is 6.09. The third kappa shape index (κ3) is 5.93. The van der Waals surface area contributed by atoms with Gasteiger partial charge in [-0.3, -0.25) is 0 Å². The Hall–Kier alpha value is -7.23. The van der Waals surface area contributed by atoms with Crippen molar-refractivity contribution in [2.45, 2.75) is 0 Å². The Morgan fingerprint density at radius 1 is 0.327 bits per heavy atom. The minimum atomic E-state index is -0.227. The van der Waals surface area contributed by atoms with Gasteiger partial charge in [-0.2, -0.15) is 0 Å². The van der Waals surface area contributed by atoms with E-state index in [9.17, 15) is 4.39 Å². The van der Waals surface area contributed by atoms with Crippen molar-refractivity contribution >= 4 is 49.6 Å². The van der Waals surface area contributed by atoms with Crippen LogP contribution in [0.4, 0.5) is 21.5 Å². The number of halogens is 1. The number of fused-ring (bicyclic) bond motifs is 4. The zero-order valence-corrected chi connectivity index (χ0v) is 30.0. The van der Waals surface area contributed by atoms with E-state index >= 15 is 0 Å². The maximum Gasteiger partial charge on any atom is 0.123 e. The van der Waals surface area contributed by atoms with Gasteiger partial charge in [0.2, 0.25) is 0 Å². The lowest BCUT2D eigenvalue weighted by molar-refractivity contribution is 0.628. The quantitative estimate of drug-likeness (QED) is 0.160. The molecule has 3 heteroatoms. The summed E-state index contributed by atoms with van der Waals surface area (Å²) in [6.45, 7) is 0. The molecular weight excluding hydrogens is 672 g/mol. The van der Waals surface area contributed by atoms with Crippen LogP contribution >= 0.6 is 0 Å². The number of aromatic nitrogens is 1. The van der Waals surface area contributed by atoms with E-state index < -0.39 is 0 Å². The smallest absolute Gasteiger partial charge is 0.123 e. The summed E-state index contributed by atoms with van der Waals surface area (Å²) < 4.78 is 15.9. The van der Waals surface area contributed by atoms with Crippen LogP contribution in [0.25, 0.3) is 71.6 Å². The Bertz CT molecular complexity index is 2880. The van der Waals surface area contributed by atoms with Gasteiger partial charge in [-0.15, -0.1) is 0 Å². The Morgan fingerprint density at radius 3 is 1.27 bits per heavy atom. The fraction of sp³-hybridized carbons (Fsp3) is 0. The van der Waals surface area contributed by atoms with Crippen LogP contribution in [0, 0.1) is 5.82 Å². The van der Waals surface area contributed by atoms with Crippen LogP contribution in [0.5, 0.6) is 0 Å². The first kappa shape index (κ1) is 32.4. The van der Waals surface area contributed by atoms with Gasteiger partial charge in [-0.05, 0) is 117 Å². The molecule has 0 saturated carbocycles. The maximum atomic E-state index is 13.5. The summed E-state index contributed by atoms with van der Waals surface area (Å²) in [6, 6.07) is 74.0. The fourth-order valence-corrected chi connectivity index (χ4v) is 7.97. The molecule has 0 unspecified atom stereocenters. The summed E-state index contributed by atoms with van der Waals surface area (Å²) in [4.78, 5) is 2.32. The highest BCUT2D eigenvalue weighted by Crippen LogP contribution is 2.39. The van der Waals surface area contributed by atoms with Crippen LogP contribution < -0.4 is 4.90 Å². The highest BCUT2D eigenvalue weighted by atomic mass is 19.1. The van der Waals surface area contributed by atoms with Gasteiger partial charge in [0.15, 0.2) is 0 Å². The van der Waals surface area contributed by atoms with Gasteiger partial charge in [-0.1, -0.05) is 140 Å². The number of nitrogens with zero attached hydrogens (tertiary/aromatic N) is 2. The first-order valence-corrected chi connectivity index (χ1v) is 18.6. The first-order chi connectivity index (χ1) is 27.2. The standard InChI is InChI=1S/C52H35FN2/c53-42-26-20-38(21-27-42)36-16-18-37(19-17-36)39-22-28-43(29-23-39)54(44-30-24-41(25-31-44)48-13-7-9-40-8-1-2-10-47(40)48)45-32-34-46(35-33-45)55-51-14-5-3-11-49(51)50-12-4-6-15-52(50)55/h1-35H. The molecule has 10 aromatic rings. The predicted molar refractivity (Wildman–Crippen MR) is 229 cm³/mol. The normalized spacial score (nSPS) is 11.4. The third-order valence-electron chi connectivity index (χ3n) is 10.7. The molecule has 0 spiro atoms. The van der Waals surface area contributed by atoms with Crippen molar-refractivity contribution in [3.63, 3.8) is 0 Å². The molecular formula is C52H35FN2. The lowest BCUT2D eigenvalue weighted by Crippen LogP contribution is -2.10. The number of hydrogen-bond acceptors (Lipinski definition) is 1. The molecule has 1 heterocycles. The highest BCUT2D eigenvalue weighted by Gasteiger charge is 2.16. The zero-order chi connectivity index (χ0) is 36.7. The molecule has 10 rings (SSSR count). The summed E-state index contributed by atoms with van der Waals surface area (Å²) in [5, 5.41) is 4.98. The minimum absolute atomic E-state index is 0.227. The number of rotatable bonds is 7. The van der Waals surface area contributed by atoms with E-state index in [1.165, 1.54) is 55.8 Å². The van der Waals surface area contributed by atoms with Gasteiger partial charge in [0.25, 0.3) is 0 Å². The van der Waals surface area contributed by atoms with Crippen molar-refractivity contribution in [3.8, 4) is 39.1 Å². The van der Waals surface area contributed by atoms with Gasteiger partial charge in [0, 0.05) is 33.5 Å². The summed E-state index contributed by atoms with van der Waals surface area (Å²) in [5.74, 6) is -0.227. The van der Waals surface area contributed by atoms with Gasteiger partial charge < -0.3 is 9.47 Å². The summed E-state index contributed by atoms with van der Waals surface area (Å²) in [7, 11) is 0. The van der Waals surface area contributed by atoms with E-state index in [1.807, 2.05) is 12.1 Å². The molecule has 0 aliphatic carbocycles. The molecule has 0 atom stereocenters. The molecule has 260 valence electrons. The Morgan fingerprint density at radius 2 is 0.727 bits per heavy atom. The van der Waals surface area contributed by atoms with Crippen LogP contribution in [0.2, 0.25) is 0 Å². The average molecular weight is 707 g/mol. The fourth-order valence-electron chi connectivity index (χ4n) is 7.97. The lowest BCUT2D eigenvalue weighted by atomic mass is 9.98. The lowest BCUT2D eigenvalue weighted by Gasteiger charge is -2.26. The van der Waals surface area contributed by atoms with Crippen LogP contribution in [0.1, 0.15) is 0 Å². The molecule has 0 fully saturated rings. The Balaban J connectivity index is 1.03. The molecule has 0 amide bonds. The average Bonchev–Trinajstić information content (AvgIpc) is 3.59. The number of anilines is 3. The molecule has 0 N–H and O–H groups in total. The summed E-state index contributed by atoms with van der Waals surface area (Å²) in [5.41, 5.74) is 13.4. The van der Waals surface area contributed by atoms with Crippen molar-refractivity contribution in [3.05, 3.63) is 218 Å². The topological polar surface area (TPSA) is 8.17 Å². The predicted octanol–water partition coefficient (Wildman–Crippen LogP) is 14.5. The van der Waals surface area contributed by atoms with E-state index in [-0.39, 0.29) is 5.82 Å². The molecule has 0 bridgehead atoms. The van der Waals surface area contributed by atoms with Gasteiger partial charge in [0.05, 0.1) is 11.0 Å². The molecule has 0 radical (unpaired) electrons. The second-order valence-corrected chi connectivity index (χ2v) is 13.9. The Kier molecular flexibility index (Phi) is 8.04. The van der Waals surface area contributed by atoms with Crippen molar-refractivity contribution in [2.24, 2.45) is 0 Å². The zero-order valence-electron chi connectivity index (χ0n) is 30.0. The monoisotopic (exact) mass is 706 g/mol. The number of hydrogen-bond donors (Lipinski definition) is 0. The van der Waals surface area contributed by atoms with E-state index in [0.717, 1.165) is 45.0 Å². The molecule has 0 aliphatic heterocycles. The Labute approximate surface area is 319 Å². The second-order valence-electron chi connectivity index (χ2n) is 13.9. The molecule has 2 nitrogen and oxygen atoms in total. The number of benzene rings is 9. The minimum Gasteiger partial charge on any atom is -0.311 e. The van der Waals surface area contributed by atoms with Gasteiger partial charge in [-0.25, -0.2) is 4.39 Å². The van der Waals surface area contributed by atoms with Crippen LogP contribution in [-0.4, -0.2) is 4.57 Å². The van der Waals surface area contributed by atoms with Crippen molar-refractivity contribution in [1.29, 1.82) is 0 Å². The van der Waals surface area contributed by atoms with E-state index in [1.54, 1.807) is 0 Å². The second kappa shape index (κ2) is 13.6. The summed E-state index contributed by atoms with van der Waals surface area (Å²) in [6.07, 6.45) is 0. The third-order valence-corrected chi connectivity index (χ3v) is 10.7.